The fourth-order valence-corrected chi connectivity index (χ4v) is 2.24. The molecular weight excluding hydrogens is 304 g/mol. The first-order chi connectivity index (χ1) is 9.10. The van der Waals surface area contributed by atoms with Crippen LogP contribution in [0.25, 0.3) is 0 Å². The number of nitrogens with two attached hydrogens (primary N) is 1. The highest BCUT2D eigenvalue weighted by Crippen LogP contribution is 2.27. The van der Waals surface area contributed by atoms with E-state index >= 15 is 0 Å². The average molecular weight is 321 g/mol. The van der Waals surface area contributed by atoms with Gasteiger partial charge in [0.25, 0.3) is 0 Å². The highest BCUT2D eigenvalue weighted by atomic mass is 79.9. The molecule has 0 spiro atoms. The Hall–Kier alpha value is -1.39. The minimum absolute atomic E-state index is 0.122. The van der Waals surface area contributed by atoms with Crippen molar-refractivity contribution in [3.63, 3.8) is 0 Å². The first kappa shape index (κ1) is 14.0. The van der Waals surface area contributed by atoms with Gasteiger partial charge in [-0.05, 0) is 41.1 Å². The van der Waals surface area contributed by atoms with Gasteiger partial charge < -0.3 is 10.5 Å². The van der Waals surface area contributed by atoms with Gasteiger partial charge in [-0.1, -0.05) is 17.7 Å². The second-order valence-corrected chi connectivity index (χ2v) is 5.44. The van der Waals surface area contributed by atoms with Crippen molar-refractivity contribution in [2.45, 2.75) is 19.4 Å². The molecule has 0 bridgehead atoms. The summed E-state index contributed by atoms with van der Waals surface area (Å²) in [7, 11) is 1.67. The molecule has 1 heterocycles. The van der Waals surface area contributed by atoms with Gasteiger partial charge in [0.1, 0.15) is 5.75 Å². The van der Waals surface area contributed by atoms with E-state index in [-0.39, 0.29) is 6.04 Å². The minimum Gasteiger partial charge on any atom is -0.496 e. The Labute approximate surface area is 121 Å². The predicted octanol–water partition coefficient (Wildman–Crippen LogP) is 3.40. The van der Waals surface area contributed by atoms with E-state index in [1.165, 1.54) is 5.56 Å². The molecule has 0 saturated heterocycles. The van der Waals surface area contributed by atoms with E-state index in [9.17, 15) is 0 Å². The predicted molar refractivity (Wildman–Crippen MR) is 80.3 cm³/mol. The van der Waals surface area contributed by atoms with E-state index < -0.39 is 0 Å². The van der Waals surface area contributed by atoms with E-state index in [0.29, 0.717) is 6.42 Å². The molecular formula is C15H17BrN2O. The molecule has 2 aromatic rings. The molecule has 0 fully saturated rings. The number of aromatic nitrogens is 1. The lowest BCUT2D eigenvalue weighted by atomic mass is 9.99. The van der Waals surface area contributed by atoms with Crippen LogP contribution in [-0.4, -0.2) is 12.1 Å². The molecule has 19 heavy (non-hydrogen) atoms. The number of hydrogen-bond donors (Lipinski definition) is 1. The number of ether oxygens (including phenoxy) is 1. The lowest BCUT2D eigenvalue weighted by molar-refractivity contribution is 0.405. The molecule has 2 N–H and O–H groups in total. The molecule has 0 radical (unpaired) electrons. The molecule has 100 valence electrons. The largest absolute Gasteiger partial charge is 0.496 e. The summed E-state index contributed by atoms with van der Waals surface area (Å²) in [6.45, 7) is 2.05. The number of rotatable bonds is 4. The van der Waals surface area contributed by atoms with Gasteiger partial charge in [0, 0.05) is 34.4 Å². The molecule has 0 aliphatic heterocycles. The molecule has 1 aromatic heterocycles. The van der Waals surface area contributed by atoms with Crippen LogP contribution in [-0.2, 0) is 6.42 Å². The summed E-state index contributed by atoms with van der Waals surface area (Å²) in [6.07, 6.45) is 2.47. The molecule has 0 aliphatic rings. The second-order valence-electron chi connectivity index (χ2n) is 4.52. The summed E-state index contributed by atoms with van der Waals surface area (Å²) in [6, 6.07) is 9.88. The lowest BCUT2D eigenvalue weighted by Gasteiger charge is -2.16. The van der Waals surface area contributed by atoms with Crippen LogP contribution >= 0.6 is 15.9 Å². The van der Waals surface area contributed by atoms with Crippen molar-refractivity contribution in [1.82, 2.24) is 4.98 Å². The van der Waals surface area contributed by atoms with E-state index in [1.54, 1.807) is 13.3 Å². The van der Waals surface area contributed by atoms with Gasteiger partial charge in [-0.3, -0.25) is 4.98 Å². The van der Waals surface area contributed by atoms with Crippen molar-refractivity contribution in [1.29, 1.82) is 0 Å². The zero-order valence-electron chi connectivity index (χ0n) is 11.1. The highest BCUT2D eigenvalue weighted by Gasteiger charge is 2.13. The van der Waals surface area contributed by atoms with Gasteiger partial charge in [-0.2, -0.15) is 0 Å². The van der Waals surface area contributed by atoms with Crippen LogP contribution in [0.3, 0.4) is 0 Å². The summed E-state index contributed by atoms with van der Waals surface area (Å²) in [5.41, 5.74) is 9.45. The van der Waals surface area contributed by atoms with Crippen molar-refractivity contribution >= 4 is 15.9 Å². The van der Waals surface area contributed by atoms with Gasteiger partial charge in [0.05, 0.1) is 7.11 Å². The third-order valence-corrected chi connectivity index (χ3v) is 3.47. The molecule has 2 rings (SSSR count). The third-order valence-electron chi connectivity index (χ3n) is 3.00. The van der Waals surface area contributed by atoms with Crippen molar-refractivity contribution in [2.75, 3.05) is 7.11 Å². The van der Waals surface area contributed by atoms with E-state index in [2.05, 4.69) is 27.0 Å². The second kappa shape index (κ2) is 6.17. The standard InChI is InChI=1S/C15H17BrN2O/c1-10-3-6-15(19-2)13(7-10)14(17)8-12-5-4-11(16)9-18-12/h3-7,9,14H,8,17H2,1-2H3. The molecule has 0 amide bonds. The summed E-state index contributed by atoms with van der Waals surface area (Å²) in [5.74, 6) is 0.829. The van der Waals surface area contributed by atoms with Gasteiger partial charge in [-0.15, -0.1) is 0 Å². The number of benzene rings is 1. The monoisotopic (exact) mass is 320 g/mol. The topological polar surface area (TPSA) is 48.1 Å². The molecule has 0 saturated carbocycles. The van der Waals surface area contributed by atoms with Crippen LogP contribution in [0.1, 0.15) is 22.9 Å². The van der Waals surface area contributed by atoms with Gasteiger partial charge in [-0.25, -0.2) is 0 Å². The molecule has 1 unspecified atom stereocenters. The molecule has 0 aliphatic carbocycles. The summed E-state index contributed by atoms with van der Waals surface area (Å²) >= 11 is 3.38. The van der Waals surface area contributed by atoms with Gasteiger partial charge in [0.15, 0.2) is 0 Å². The maximum absolute atomic E-state index is 6.28. The average Bonchev–Trinajstić information content (AvgIpc) is 2.41. The van der Waals surface area contributed by atoms with Gasteiger partial charge in [0.2, 0.25) is 0 Å². The van der Waals surface area contributed by atoms with Crippen LogP contribution in [0, 0.1) is 6.92 Å². The zero-order valence-corrected chi connectivity index (χ0v) is 12.6. The first-order valence-electron chi connectivity index (χ1n) is 6.10. The number of hydrogen-bond acceptors (Lipinski definition) is 3. The number of methoxy groups -OCH3 is 1. The van der Waals surface area contributed by atoms with Crippen LogP contribution < -0.4 is 10.5 Å². The lowest BCUT2D eigenvalue weighted by Crippen LogP contribution is -2.15. The Bertz CT molecular complexity index is 555. The Kier molecular flexibility index (Phi) is 4.56. The third kappa shape index (κ3) is 3.55. The number of pyridine rings is 1. The van der Waals surface area contributed by atoms with Crippen LogP contribution in [0.4, 0.5) is 0 Å². The first-order valence-corrected chi connectivity index (χ1v) is 6.90. The summed E-state index contributed by atoms with van der Waals surface area (Å²) < 4.78 is 6.34. The molecule has 1 atom stereocenters. The zero-order chi connectivity index (χ0) is 13.8. The molecule has 1 aromatic carbocycles. The molecule has 4 heteroatoms. The maximum Gasteiger partial charge on any atom is 0.123 e. The Morgan fingerprint density at radius 2 is 2.11 bits per heavy atom. The number of aryl methyl sites for hydroxylation is 1. The maximum atomic E-state index is 6.28. The van der Waals surface area contributed by atoms with Gasteiger partial charge >= 0.3 is 0 Å². The van der Waals surface area contributed by atoms with Crippen LogP contribution in [0.15, 0.2) is 41.0 Å². The SMILES string of the molecule is COc1ccc(C)cc1C(N)Cc1ccc(Br)cn1. The van der Waals surface area contributed by atoms with E-state index in [4.69, 9.17) is 10.5 Å². The number of halogens is 1. The Morgan fingerprint density at radius 3 is 2.74 bits per heavy atom. The fraction of sp³-hybridized carbons (Fsp3) is 0.267. The van der Waals surface area contributed by atoms with Crippen LogP contribution in [0.2, 0.25) is 0 Å². The highest BCUT2D eigenvalue weighted by molar-refractivity contribution is 9.10. The molecule has 3 nitrogen and oxygen atoms in total. The summed E-state index contributed by atoms with van der Waals surface area (Å²) in [4.78, 5) is 4.35. The van der Waals surface area contributed by atoms with E-state index in [0.717, 1.165) is 21.5 Å². The smallest absolute Gasteiger partial charge is 0.123 e. The fourth-order valence-electron chi connectivity index (χ4n) is 2.01. The Balaban J connectivity index is 2.21. The minimum atomic E-state index is -0.122. The van der Waals surface area contributed by atoms with Crippen molar-refractivity contribution in [3.05, 3.63) is 57.8 Å². The Morgan fingerprint density at radius 1 is 1.32 bits per heavy atom. The van der Waals surface area contributed by atoms with Crippen LogP contribution in [0.5, 0.6) is 5.75 Å². The quantitative estimate of drug-likeness (QED) is 0.939. The normalized spacial score (nSPS) is 12.2. The van der Waals surface area contributed by atoms with Crippen molar-refractivity contribution < 1.29 is 4.74 Å². The summed E-state index contributed by atoms with van der Waals surface area (Å²) in [5, 5.41) is 0. The van der Waals surface area contributed by atoms with Crippen molar-refractivity contribution in [3.8, 4) is 5.75 Å². The van der Waals surface area contributed by atoms with E-state index in [1.807, 2.05) is 31.2 Å². The number of nitrogens with zero attached hydrogens (tertiary/aromatic N) is 1. The van der Waals surface area contributed by atoms with Crippen molar-refractivity contribution in [2.24, 2.45) is 5.73 Å².